The SMILES string of the molecule is CCCCCCOc1ccc2cc(C(=O)NCC(=O)CCCCCC)ccc2c1. The molecule has 0 heterocycles. The number of fused-ring (bicyclic) bond motifs is 1. The highest BCUT2D eigenvalue weighted by Gasteiger charge is 2.09. The Bertz CT molecular complexity index is 785. The second-order valence-electron chi connectivity index (χ2n) is 7.66. The molecule has 0 aliphatic rings. The molecular weight excluding hydrogens is 362 g/mol. The Hall–Kier alpha value is -2.36. The molecule has 2 rings (SSSR count). The number of ketones is 1. The number of benzene rings is 2. The first kappa shape index (κ1) is 22.9. The van der Waals surface area contributed by atoms with Crippen LogP contribution in [-0.2, 0) is 4.79 Å². The topological polar surface area (TPSA) is 55.4 Å². The minimum absolute atomic E-state index is 0.0935. The van der Waals surface area contributed by atoms with Gasteiger partial charge in [0.05, 0.1) is 13.2 Å². The number of hydrogen-bond donors (Lipinski definition) is 1. The quantitative estimate of drug-likeness (QED) is 0.394. The van der Waals surface area contributed by atoms with E-state index in [2.05, 4.69) is 19.2 Å². The molecule has 0 aliphatic carbocycles. The zero-order valence-electron chi connectivity index (χ0n) is 18.0. The highest BCUT2D eigenvalue weighted by Crippen LogP contribution is 2.22. The molecule has 29 heavy (non-hydrogen) atoms. The van der Waals surface area contributed by atoms with E-state index >= 15 is 0 Å². The maximum Gasteiger partial charge on any atom is 0.251 e. The summed E-state index contributed by atoms with van der Waals surface area (Å²) < 4.78 is 5.83. The molecule has 0 aromatic heterocycles. The van der Waals surface area contributed by atoms with Crippen molar-refractivity contribution in [3.8, 4) is 5.75 Å². The molecule has 0 bridgehead atoms. The lowest BCUT2D eigenvalue weighted by Crippen LogP contribution is -2.29. The van der Waals surface area contributed by atoms with E-state index in [1.165, 1.54) is 19.3 Å². The number of amides is 1. The molecule has 158 valence electrons. The summed E-state index contributed by atoms with van der Waals surface area (Å²) in [6.45, 7) is 5.19. The molecule has 0 fully saturated rings. The minimum Gasteiger partial charge on any atom is -0.494 e. The van der Waals surface area contributed by atoms with Crippen LogP contribution in [0.1, 0.15) is 82.0 Å². The summed E-state index contributed by atoms with van der Waals surface area (Å²) in [5.74, 6) is 0.751. The van der Waals surface area contributed by atoms with E-state index in [0.29, 0.717) is 12.0 Å². The Morgan fingerprint density at radius 1 is 0.828 bits per heavy atom. The van der Waals surface area contributed by atoms with Crippen molar-refractivity contribution < 1.29 is 14.3 Å². The third-order valence-corrected chi connectivity index (χ3v) is 5.10. The Balaban J connectivity index is 1.84. The number of nitrogens with one attached hydrogen (secondary N) is 1. The molecule has 0 spiro atoms. The fourth-order valence-electron chi connectivity index (χ4n) is 3.29. The van der Waals surface area contributed by atoms with Crippen LogP contribution in [0.2, 0.25) is 0 Å². The summed E-state index contributed by atoms with van der Waals surface area (Å²) in [6, 6.07) is 11.5. The van der Waals surface area contributed by atoms with Gasteiger partial charge in [-0.1, -0.05) is 64.5 Å². The molecule has 0 aliphatic heterocycles. The van der Waals surface area contributed by atoms with E-state index in [0.717, 1.165) is 55.2 Å². The van der Waals surface area contributed by atoms with Gasteiger partial charge in [0.1, 0.15) is 5.75 Å². The van der Waals surface area contributed by atoms with E-state index in [1.54, 1.807) is 6.07 Å². The number of ether oxygens (including phenoxy) is 1. The average Bonchev–Trinajstić information content (AvgIpc) is 2.74. The Kier molecular flexibility index (Phi) is 10.3. The number of unbranched alkanes of at least 4 members (excludes halogenated alkanes) is 6. The summed E-state index contributed by atoms with van der Waals surface area (Å²) >= 11 is 0. The lowest BCUT2D eigenvalue weighted by atomic mass is 10.1. The predicted molar refractivity (Wildman–Crippen MR) is 120 cm³/mol. The van der Waals surface area contributed by atoms with Gasteiger partial charge < -0.3 is 10.1 Å². The Morgan fingerprint density at radius 3 is 2.28 bits per heavy atom. The van der Waals surface area contributed by atoms with Gasteiger partial charge in [-0.15, -0.1) is 0 Å². The fraction of sp³-hybridized carbons (Fsp3) is 0.520. The van der Waals surface area contributed by atoms with Gasteiger partial charge in [0, 0.05) is 12.0 Å². The van der Waals surface area contributed by atoms with Gasteiger partial charge in [-0.3, -0.25) is 9.59 Å². The molecule has 0 saturated carbocycles. The minimum atomic E-state index is -0.204. The summed E-state index contributed by atoms with van der Waals surface area (Å²) in [6.07, 6.45) is 9.56. The number of hydrogen-bond acceptors (Lipinski definition) is 3. The second kappa shape index (κ2) is 13.0. The van der Waals surface area contributed by atoms with E-state index in [9.17, 15) is 9.59 Å². The maximum atomic E-state index is 12.4. The first-order valence-corrected chi connectivity index (χ1v) is 11.1. The van der Waals surface area contributed by atoms with E-state index in [1.807, 2.05) is 30.3 Å². The summed E-state index contributed by atoms with van der Waals surface area (Å²) in [5, 5.41) is 4.78. The largest absolute Gasteiger partial charge is 0.494 e. The Morgan fingerprint density at radius 2 is 1.52 bits per heavy atom. The average molecular weight is 398 g/mol. The van der Waals surface area contributed by atoms with Crippen molar-refractivity contribution in [1.29, 1.82) is 0 Å². The smallest absolute Gasteiger partial charge is 0.251 e. The fourth-order valence-corrected chi connectivity index (χ4v) is 3.29. The highest BCUT2D eigenvalue weighted by atomic mass is 16.5. The van der Waals surface area contributed by atoms with Crippen LogP contribution in [0.4, 0.5) is 0 Å². The maximum absolute atomic E-state index is 12.4. The highest BCUT2D eigenvalue weighted by molar-refractivity contribution is 6.00. The number of Topliss-reactive ketones (excluding diaryl/α,β-unsaturated/α-hetero) is 1. The van der Waals surface area contributed by atoms with Crippen LogP contribution in [-0.4, -0.2) is 24.8 Å². The molecule has 0 radical (unpaired) electrons. The lowest BCUT2D eigenvalue weighted by molar-refractivity contribution is -0.118. The lowest BCUT2D eigenvalue weighted by Gasteiger charge is -2.09. The number of carbonyl (C=O) groups is 2. The Labute approximate surface area is 175 Å². The number of carbonyl (C=O) groups excluding carboxylic acids is 2. The van der Waals surface area contributed by atoms with E-state index in [4.69, 9.17) is 4.74 Å². The van der Waals surface area contributed by atoms with Crippen LogP contribution < -0.4 is 10.1 Å². The predicted octanol–water partition coefficient (Wildman–Crippen LogP) is 6.07. The molecule has 0 saturated heterocycles. The summed E-state index contributed by atoms with van der Waals surface area (Å²) in [7, 11) is 0. The number of rotatable bonds is 14. The van der Waals surface area contributed by atoms with Crippen molar-refractivity contribution in [1.82, 2.24) is 5.32 Å². The van der Waals surface area contributed by atoms with Gasteiger partial charge in [-0.2, -0.15) is 0 Å². The third-order valence-electron chi connectivity index (χ3n) is 5.10. The van der Waals surface area contributed by atoms with Gasteiger partial charge in [0.15, 0.2) is 5.78 Å². The van der Waals surface area contributed by atoms with Gasteiger partial charge in [-0.05, 0) is 47.9 Å². The van der Waals surface area contributed by atoms with Gasteiger partial charge in [0.25, 0.3) is 5.91 Å². The van der Waals surface area contributed by atoms with Crippen molar-refractivity contribution >= 4 is 22.5 Å². The van der Waals surface area contributed by atoms with Crippen molar-refractivity contribution in [2.45, 2.75) is 71.6 Å². The van der Waals surface area contributed by atoms with Crippen molar-refractivity contribution in [2.75, 3.05) is 13.2 Å². The molecule has 4 nitrogen and oxygen atoms in total. The van der Waals surface area contributed by atoms with Crippen LogP contribution in [0.5, 0.6) is 5.75 Å². The van der Waals surface area contributed by atoms with Gasteiger partial charge in [0.2, 0.25) is 0 Å². The molecule has 0 atom stereocenters. The van der Waals surface area contributed by atoms with E-state index in [-0.39, 0.29) is 18.2 Å². The zero-order chi connectivity index (χ0) is 20.9. The molecule has 0 unspecified atom stereocenters. The van der Waals surface area contributed by atoms with Crippen molar-refractivity contribution in [2.24, 2.45) is 0 Å². The first-order chi connectivity index (χ1) is 14.1. The normalized spacial score (nSPS) is 10.8. The van der Waals surface area contributed by atoms with Crippen LogP contribution in [0.3, 0.4) is 0 Å². The van der Waals surface area contributed by atoms with Crippen LogP contribution >= 0.6 is 0 Å². The van der Waals surface area contributed by atoms with Gasteiger partial charge >= 0.3 is 0 Å². The second-order valence-corrected chi connectivity index (χ2v) is 7.66. The van der Waals surface area contributed by atoms with Crippen molar-refractivity contribution in [3.63, 3.8) is 0 Å². The standard InChI is InChI=1S/C25H35NO3/c1-3-5-7-9-11-23(27)19-26-25(28)22-13-12-21-18-24(15-14-20(21)17-22)29-16-10-8-6-4-2/h12-15,17-18H,3-11,16,19H2,1-2H3,(H,26,28). The molecular formula is C25H35NO3. The van der Waals surface area contributed by atoms with Gasteiger partial charge in [-0.25, -0.2) is 0 Å². The third kappa shape index (κ3) is 8.26. The summed E-state index contributed by atoms with van der Waals surface area (Å²) in [5.41, 5.74) is 0.574. The first-order valence-electron chi connectivity index (χ1n) is 11.1. The molecule has 1 amide bonds. The molecule has 2 aromatic rings. The molecule has 4 heteroatoms. The molecule has 2 aromatic carbocycles. The summed E-state index contributed by atoms with van der Waals surface area (Å²) in [4.78, 5) is 24.3. The molecule has 1 N–H and O–H groups in total. The van der Waals surface area contributed by atoms with Crippen molar-refractivity contribution in [3.05, 3.63) is 42.0 Å². The van der Waals surface area contributed by atoms with E-state index < -0.39 is 0 Å². The van der Waals surface area contributed by atoms with Crippen LogP contribution in [0.15, 0.2) is 36.4 Å². The monoisotopic (exact) mass is 397 g/mol. The van der Waals surface area contributed by atoms with Crippen LogP contribution in [0, 0.1) is 0 Å². The zero-order valence-corrected chi connectivity index (χ0v) is 18.0. The van der Waals surface area contributed by atoms with Crippen LogP contribution in [0.25, 0.3) is 10.8 Å².